The summed E-state index contributed by atoms with van der Waals surface area (Å²) in [7, 11) is 0. The van der Waals surface area contributed by atoms with Gasteiger partial charge in [0.25, 0.3) is 0 Å². The van der Waals surface area contributed by atoms with Crippen LogP contribution in [0.4, 0.5) is 0 Å². The van der Waals surface area contributed by atoms with Crippen LogP contribution in [0.15, 0.2) is 18.6 Å². The summed E-state index contributed by atoms with van der Waals surface area (Å²) in [5.41, 5.74) is 5.09. The van der Waals surface area contributed by atoms with Crippen LogP contribution in [-0.2, 0) is 15.1 Å². The van der Waals surface area contributed by atoms with Gasteiger partial charge >= 0.3 is 0 Å². The fraction of sp³-hybridized carbons (Fsp3) is 0.625. The Bertz CT molecular complexity index is 557. The summed E-state index contributed by atoms with van der Waals surface area (Å²) in [6.07, 6.45) is 11.1. The third kappa shape index (κ3) is 2.36. The van der Waals surface area contributed by atoms with E-state index in [4.69, 9.17) is 5.73 Å². The third-order valence-corrected chi connectivity index (χ3v) is 5.00. The smallest absolute Gasteiger partial charge is 0.249 e. The lowest BCUT2D eigenvalue weighted by Crippen LogP contribution is -2.55. The van der Waals surface area contributed by atoms with Gasteiger partial charge in [-0.1, -0.05) is 19.3 Å². The second-order valence-electron chi connectivity index (χ2n) is 6.24. The van der Waals surface area contributed by atoms with Crippen LogP contribution < -0.4 is 5.73 Å². The fourth-order valence-corrected chi connectivity index (χ4v) is 3.85. The van der Waals surface area contributed by atoms with Gasteiger partial charge in [0.1, 0.15) is 0 Å². The second-order valence-corrected chi connectivity index (χ2v) is 6.24. The molecule has 2 amide bonds. The first-order valence-electron chi connectivity index (χ1n) is 8.04. The molecule has 1 aromatic heterocycles. The number of hydrogen-bond acceptors (Lipinski definition) is 4. The Morgan fingerprint density at radius 2 is 1.95 bits per heavy atom. The maximum atomic E-state index is 13.0. The molecule has 118 valence electrons. The van der Waals surface area contributed by atoms with Crippen molar-refractivity contribution in [2.75, 3.05) is 6.54 Å². The number of likely N-dealkylation sites (tertiary alicyclic amines) is 1. The molecule has 0 aromatic carbocycles. The van der Waals surface area contributed by atoms with E-state index in [1.165, 1.54) is 6.42 Å². The number of rotatable bonds is 3. The summed E-state index contributed by atoms with van der Waals surface area (Å²) < 4.78 is 0. The molecule has 1 aromatic rings. The van der Waals surface area contributed by atoms with Crippen LogP contribution in [0.1, 0.15) is 50.6 Å². The molecule has 1 aliphatic heterocycles. The molecule has 22 heavy (non-hydrogen) atoms. The van der Waals surface area contributed by atoms with E-state index < -0.39 is 11.4 Å². The quantitative estimate of drug-likeness (QED) is 0.913. The van der Waals surface area contributed by atoms with Crippen molar-refractivity contribution in [3.05, 3.63) is 24.3 Å². The molecular weight excluding hydrogens is 280 g/mol. The average molecular weight is 302 g/mol. The van der Waals surface area contributed by atoms with Crippen molar-refractivity contribution in [2.24, 2.45) is 11.7 Å². The first kappa shape index (κ1) is 14.9. The van der Waals surface area contributed by atoms with Crippen LogP contribution in [0.3, 0.4) is 0 Å². The normalized spacial score (nSPS) is 26.1. The molecule has 6 heteroatoms. The van der Waals surface area contributed by atoms with Crippen LogP contribution in [0.25, 0.3) is 0 Å². The summed E-state index contributed by atoms with van der Waals surface area (Å²) in [5, 5.41) is 0. The van der Waals surface area contributed by atoms with E-state index in [2.05, 4.69) is 9.97 Å². The van der Waals surface area contributed by atoms with E-state index in [0.717, 1.165) is 32.1 Å². The van der Waals surface area contributed by atoms with Crippen molar-refractivity contribution in [1.82, 2.24) is 14.9 Å². The SMILES string of the molecule is NC(=O)[C@@]1(c2cnccn2)CCCN1C(=O)C1CCCCC1. The molecule has 0 spiro atoms. The number of primary amides is 1. The largest absolute Gasteiger partial charge is 0.367 e. The molecule has 2 fully saturated rings. The lowest BCUT2D eigenvalue weighted by molar-refractivity contribution is -0.148. The summed E-state index contributed by atoms with van der Waals surface area (Å²) in [5.74, 6) is -0.432. The Morgan fingerprint density at radius 1 is 1.18 bits per heavy atom. The maximum absolute atomic E-state index is 13.0. The molecule has 3 rings (SSSR count). The van der Waals surface area contributed by atoms with Gasteiger partial charge in [0.2, 0.25) is 11.8 Å². The molecule has 1 saturated carbocycles. The molecule has 1 atom stereocenters. The number of nitrogens with two attached hydrogens (primary N) is 1. The molecule has 1 aliphatic carbocycles. The van der Waals surface area contributed by atoms with E-state index in [9.17, 15) is 9.59 Å². The van der Waals surface area contributed by atoms with Gasteiger partial charge in [0.05, 0.1) is 11.9 Å². The van der Waals surface area contributed by atoms with Gasteiger partial charge in [-0.25, -0.2) is 0 Å². The number of nitrogens with zero attached hydrogens (tertiary/aromatic N) is 3. The summed E-state index contributed by atoms with van der Waals surface area (Å²) in [6, 6.07) is 0. The highest BCUT2D eigenvalue weighted by Gasteiger charge is 2.52. The van der Waals surface area contributed by atoms with Gasteiger partial charge in [-0.2, -0.15) is 0 Å². The zero-order valence-corrected chi connectivity index (χ0v) is 12.7. The summed E-state index contributed by atoms with van der Waals surface area (Å²) >= 11 is 0. The predicted molar refractivity (Wildman–Crippen MR) is 80.4 cm³/mol. The monoisotopic (exact) mass is 302 g/mol. The standard InChI is InChI=1S/C16H22N4O2/c17-15(22)16(13-11-18-8-9-19-13)7-4-10-20(16)14(21)12-5-2-1-3-6-12/h8-9,11-12H,1-7,10H2,(H2,17,22)/t16-/m0/s1. The van der Waals surface area contributed by atoms with Gasteiger partial charge in [-0.05, 0) is 25.7 Å². The van der Waals surface area contributed by atoms with Crippen molar-refractivity contribution in [3.8, 4) is 0 Å². The van der Waals surface area contributed by atoms with Crippen molar-refractivity contribution in [3.63, 3.8) is 0 Å². The zero-order valence-electron chi connectivity index (χ0n) is 12.7. The van der Waals surface area contributed by atoms with Gasteiger partial charge < -0.3 is 10.6 Å². The molecule has 0 bridgehead atoms. The lowest BCUT2D eigenvalue weighted by atomic mass is 9.85. The first-order valence-corrected chi connectivity index (χ1v) is 8.04. The van der Waals surface area contributed by atoms with Crippen molar-refractivity contribution >= 4 is 11.8 Å². The highest BCUT2D eigenvalue weighted by atomic mass is 16.2. The highest BCUT2D eigenvalue weighted by molar-refractivity contribution is 5.92. The van der Waals surface area contributed by atoms with E-state index in [1.54, 1.807) is 23.5 Å². The van der Waals surface area contributed by atoms with E-state index >= 15 is 0 Å². The fourth-order valence-electron chi connectivity index (χ4n) is 3.85. The third-order valence-electron chi connectivity index (χ3n) is 5.00. The van der Waals surface area contributed by atoms with Crippen molar-refractivity contribution in [1.29, 1.82) is 0 Å². The molecule has 2 aliphatic rings. The Labute approximate surface area is 130 Å². The Hall–Kier alpha value is -1.98. The number of carbonyl (C=O) groups excluding carboxylic acids is 2. The van der Waals surface area contributed by atoms with E-state index in [-0.39, 0.29) is 11.8 Å². The highest BCUT2D eigenvalue weighted by Crippen LogP contribution is 2.40. The molecular formula is C16H22N4O2. The van der Waals surface area contributed by atoms with Crippen LogP contribution in [-0.4, -0.2) is 33.2 Å². The van der Waals surface area contributed by atoms with E-state index in [0.29, 0.717) is 18.7 Å². The lowest BCUT2D eigenvalue weighted by Gasteiger charge is -2.37. The minimum absolute atomic E-state index is 0.0160. The molecule has 6 nitrogen and oxygen atoms in total. The minimum Gasteiger partial charge on any atom is -0.367 e. The Morgan fingerprint density at radius 3 is 2.59 bits per heavy atom. The molecule has 0 unspecified atom stereocenters. The van der Waals surface area contributed by atoms with Crippen molar-refractivity contribution < 1.29 is 9.59 Å². The number of aromatic nitrogens is 2. The maximum Gasteiger partial charge on any atom is 0.249 e. The van der Waals surface area contributed by atoms with Gasteiger partial charge in [-0.15, -0.1) is 0 Å². The number of hydrogen-bond donors (Lipinski definition) is 1. The zero-order chi connectivity index (χ0) is 15.6. The predicted octanol–water partition coefficient (Wildman–Crippen LogP) is 1.36. The Balaban J connectivity index is 1.95. The Kier molecular flexibility index (Phi) is 4.09. The van der Waals surface area contributed by atoms with Crippen molar-refractivity contribution in [2.45, 2.75) is 50.5 Å². The van der Waals surface area contributed by atoms with Gasteiger partial charge in [0.15, 0.2) is 5.54 Å². The summed E-state index contributed by atoms with van der Waals surface area (Å²) in [4.78, 5) is 35.3. The van der Waals surface area contributed by atoms with Gasteiger partial charge in [-0.3, -0.25) is 19.6 Å². The molecule has 0 radical (unpaired) electrons. The van der Waals surface area contributed by atoms with Crippen LogP contribution >= 0.6 is 0 Å². The molecule has 2 N–H and O–H groups in total. The number of amides is 2. The summed E-state index contributed by atoms with van der Waals surface area (Å²) in [6.45, 7) is 0.564. The van der Waals surface area contributed by atoms with Crippen LogP contribution in [0.5, 0.6) is 0 Å². The van der Waals surface area contributed by atoms with E-state index in [1.807, 2.05) is 0 Å². The molecule has 1 saturated heterocycles. The minimum atomic E-state index is -1.12. The molecule has 2 heterocycles. The van der Waals surface area contributed by atoms with Gasteiger partial charge in [0, 0.05) is 24.9 Å². The average Bonchev–Trinajstić information content (AvgIpc) is 3.02. The second kappa shape index (κ2) is 6.02. The topological polar surface area (TPSA) is 89.2 Å². The van der Waals surface area contributed by atoms with Crippen LogP contribution in [0.2, 0.25) is 0 Å². The van der Waals surface area contributed by atoms with Crippen LogP contribution in [0, 0.1) is 5.92 Å². The first-order chi connectivity index (χ1) is 10.7. The number of carbonyl (C=O) groups is 2.